The van der Waals surface area contributed by atoms with Crippen LogP contribution in [-0.2, 0) is 10.3 Å². The van der Waals surface area contributed by atoms with E-state index in [0.29, 0.717) is 21.9 Å². The Bertz CT molecular complexity index is 941. The second-order valence-electron chi connectivity index (χ2n) is 6.00. The highest BCUT2D eigenvalue weighted by Crippen LogP contribution is 2.30. The molecular weight excluding hydrogens is 352 g/mol. The highest BCUT2D eigenvalue weighted by Gasteiger charge is 2.49. The molecule has 9 nitrogen and oxygen atoms in total. The summed E-state index contributed by atoms with van der Waals surface area (Å²) < 4.78 is 5.09. The predicted molar refractivity (Wildman–Crippen MR) is 96.4 cm³/mol. The molecule has 1 heterocycles. The van der Waals surface area contributed by atoms with E-state index in [0.717, 1.165) is 0 Å². The number of nitrogens with zero attached hydrogens (tertiary/aromatic N) is 3. The molecule has 9 heteroatoms. The molecule has 1 N–H and O–H groups in total. The van der Waals surface area contributed by atoms with E-state index in [1.807, 2.05) is 0 Å². The Morgan fingerprint density at radius 1 is 1.22 bits per heavy atom. The van der Waals surface area contributed by atoms with Crippen LogP contribution in [0.2, 0.25) is 0 Å². The molecule has 0 aromatic heterocycles. The summed E-state index contributed by atoms with van der Waals surface area (Å²) >= 11 is 0. The standard InChI is InChI=1S/C18H16N4O5/c1-18(13-6-8-15(27-2)9-7-13)16(23)21(17(24)20-18)19-11-12-4-3-5-14(10-12)22(25)26/h3-11H,1-2H3,(H,20,24)/b19-11+. The molecule has 1 unspecified atom stereocenters. The van der Waals surface area contributed by atoms with E-state index in [1.54, 1.807) is 37.3 Å². The highest BCUT2D eigenvalue weighted by molar-refractivity contribution is 6.07. The van der Waals surface area contributed by atoms with Crippen molar-refractivity contribution in [2.24, 2.45) is 5.10 Å². The number of ether oxygens (including phenoxy) is 1. The highest BCUT2D eigenvalue weighted by atomic mass is 16.6. The fourth-order valence-corrected chi connectivity index (χ4v) is 2.69. The van der Waals surface area contributed by atoms with Gasteiger partial charge < -0.3 is 10.1 Å². The summed E-state index contributed by atoms with van der Waals surface area (Å²) in [4.78, 5) is 35.3. The molecule has 0 bridgehead atoms. The molecule has 3 amide bonds. The van der Waals surface area contributed by atoms with Crippen molar-refractivity contribution < 1.29 is 19.2 Å². The van der Waals surface area contributed by atoms with Crippen LogP contribution < -0.4 is 10.1 Å². The number of benzene rings is 2. The molecule has 2 aromatic carbocycles. The number of carbonyl (C=O) groups excluding carboxylic acids is 2. The largest absolute Gasteiger partial charge is 0.497 e. The minimum absolute atomic E-state index is 0.112. The van der Waals surface area contributed by atoms with E-state index in [1.165, 1.54) is 31.5 Å². The summed E-state index contributed by atoms with van der Waals surface area (Å²) in [6.07, 6.45) is 1.23. The number of hydrogen-bond donors (Lipinski definition) is 1. The lowest BCUT2D eigenvalue weighted by atomic mass is 9.92. The van der Waals surface area contributed by atoms with E-state index < -0.39 is 22.4 Å². The van der Waals surface area contributed by atoms with Gasteiger partial charge in [0.25, 0.3) is 11.6 Å². The average Bonchev–Trinajstić information content (AvgIpc) is 2.89. The summed E-state index contributed by atoms with van der Waals surface area (Å²) in [7, 11) is 1.53. The molecule has 1 aliphatic heterocycles. The van der Waals surface area contributed by atoms with Gasteiger partial charge in [-0.15, -0.1) is 5.01 Å². The average molecular weight is 368 g/mol. The lowest BCUT2D eigenvalue weighted by molar-refractivity contribution is -0.384. The molecule has 3 rings (SSSR count). The Balaban J connectivity index is 1.85. The first-order valence-electron chi connectivity index (χ1n) is 7.95. The Morgan fingerprint density at radius 3 is 2.56 bits per heavy atom. The van der Waals surface area contributed by atoms with Crippen molar-refractivity contribution in [3.05, 3.63) is 69.8 Å². The molecule has 1 atom stereocenters. The smallest absolute Gasteiger partial charge is 0.346 e. The molecule has 1 aliphatic rings. The van der Waals surface area contributed by atoms with Crippen LogP contribution in [0, 0.1) is 10.1 Å². The lowest BCUT2D eigenvalue weighted by Crippen LogP contribution is -2.40. The van der Waals surface area contributed by atoms with Crippen molar-refractivity contribution in [2.75, 3.05) is 7.11 Å². The zero-order valence-electron chi connectivity index (χ0n) is 14.6. The first-order chi connectivity index (χ1) is 12.8. The molecule has 138 valence electrons. The zero-order chi connectivity index (χ0) is 19.6. The van der Waals surface area contributed by atoms with Crippen molar-refractivity contribution in [3.63, 3.8) is 0 Å². The molecule has 0 saturated carbocycles. The number of nitrogens with one attached hydrogen (secondary N) is 1. The molecular formula is C18H16N4O5. The molecule has 27 heavy (non-hydrogen) atoms. The van der Waals surface area contributed by atoms with E-state index in [2.05, 4.69) is 10.4 Å². The van der Waals surface area contributed by atoms with E-state index in [4.69, 9.17) is 4.74 Å². The summed E-state index contributed by atoms with van der Waals surface area (Å²) in [5.74, 6) is 0.0685. The normalized spacial score (nSPS) is 19.4. The van der Waals surface area contributed by atoms with Gasteiger partial charge in [0.1, 0.15) is 11.3 Å². The number of non-ortho nitro benzene ring substituents is 1. The van der Waals surface area contributed by atoms with Crippen molar-refractivity contribution in [1.82, 2.24) is 10.3 Å². The summed E-state index contributed by atoms with van der Waals surface area (Å²) in [6, 6.07) is 11.8. The molecule has 1 saturated heterocycles. The fraction of sp³-hybridized carbons (Fsp3) is 0.167. The fourth-order valence-electron chi connectivity index (χ4n) is 2.69. The molecule has 0 spiro atoms. The van der Waals surface area contributed by atoms with Crippen LogP contribution in [0.15, 0.2) is 53.6 Å². The second-order valence-corrected chi connectivity index (χ2v) is 6.00. The van der Waals surface area contributed by atoms with Crippen molar-refractivity contribution in [3.8, 4) is 5.75 Å². The van der Waals surface area contributed by atoms with Crippen LogP contribution in [0.3, 0.4) is 0 Å². The maximum Gasteiger partial charge on any atom is 0.346 e. The lowest BCUT2D eigenvalue weighted by Gasteiger charge is -2.21. The van der Waals surface area contributed by atoms with Crippen LogP contribution in [0.5, 0.6) is 5.75 Å². The van der Waals surface area contributed by atoms with Crippen molar-refractivity contribution in [2.45, 2.75) is 12.5 Å². The number of rotatable bonds is 5. The van der Waals surface area contributed by atoms with Gasteiger partial charge in [0.15, 0.2) is 0 Å². The van der Waals surface area contributed by atoms with Crippen LogP contribution in [0.4, 0.5) is 10.5 Å². The third-order valence-corrected chi connectivity index (χ3v) is 4.24. The number of carbonyl (C=O) groups is 2. The van der Waals surface area contributed by atoms with Crippen molar-refractivity contribution in [1.29, 1.82) is 0 Å². The number of imide groups is 1. The van der Waals surface area contributed by atoms with Gasteiger partial charge in [0, 0.05) is 17.7 Å². The third kappa shape index (κ3) is 3.34. The van der Waals surface area contributed by atoms with Crippen LogP contribution >= 0.6 is 0 Å². The number of urea groups is 1. The Morgan fingerprint density at radius 2 is 1.93 bits per heavy atom. The van der Waals surface area contributed by atoms with Gasteiger partial charge in [-0.05, 0) is 24.6 Å². The zero-order valence-corrected chi connectivity index (χ0v) is 14.6. The second kappa shape index (κ2) is 6.87. The van der Waals surface area contributed by atoms with E-state index >= 15 is 0 Å². The summed E-state index contributed by atoms with van der Waals surface area (Å²) in [5.41, 5.74) is -0.416. The predicted octanol–water partition coefficient (Wildman–Crippen LogP) is 2.40. The van der Waals surface area contributed by atoms with Crippen molar-refractivity contribution >= 4 is 23.8 Å². The van der Waals surface area contributed by atoms with Gasteiger partial charge in [-0.3, -0.25) is 14.9 Å². The monoisotopic (exact) mass is 368 g/mol. The number of nitro groups is 1. The van der Waals surface area contributed by atoms with Crippen LogP contribution in [0.25, 0.3) is 0 Å². The quantitative estimate of drug-likeness (QED) is 0.377. The first-order valence-corrected chi connectivity index (χ1v) is 7.95. The Hall–Kier alpha value is -3.75. The maximum atomic E-state index is 12.8. The van der Waals surface area contributed by atoms with Gasteiger partial charge in [-0.2, -0.15) is 5.10 Å². The first kappa shape index (κ1) is 18.1. The summed E-state index contributed by atoms with van der Waals surface area (Å²) in [6.45, 7) is 1.58. The topological polar surface area (TPSA) is 114 Å². The maximum absolute atomic E-state index is 12.8. The van der Waals surface area contributed by atoms with Gasteiger partial charge in [-0.1, -0.05) is 24.3 Å². The van der Waals surface area contributed by atoms with Crippen LogP contribution in [-0.4, -0.2) is 35.2 Å². The minimum Gasteiger partial charge on any atom is -0.497 e. The SMILES string of the molecule is COc1ccc(C2(C)NC(=O)N(/N=C/c3cccc([N+](=O)[O-])c3)C2=O)cc1. The van der Waals surface area contributed by atoms with Crippen LogP contribution in [0.1, 0.15) is 18.1 Å². The number of nitro benzene ring substituents is 1. The molecule has 1 fully saturated rings. The Kier molecular flexibility index (Phi) is 4.59. The Labute approximate surface area is 154 Å². The number of methoxy groups -OCH3 is 1. The molecule has 0 radical (unpaired) electrons. The van der Waals surface area contributed by atoms with E-state index in [9.17, 15) is 19.7 Å². The number of amides is 3. The molecule has 2 aromatic rings. The van der Waals surface area contributed by atoms with Gasteiger partial charge >= 0.3 is 6.03 Å². The minimum atomic E-state index is -1.27. The van der Waals surface area contributed by atoms with Gasteiger partial charge in [0.2, 0.25) is 0 Å². The van der Waals surface area contributed by atoms with Gasteiger partial charge in [-0.25, -0.2) is 4.79 Å². The third-order valence-electron chi connectivity index (χ3n) is 4.24. The number of hydrogen-bond acceptors (Lipinski definition) is 6. The molecule has 0 aliphatic carbocycles. The number of hydrazone groups is 1. The summed E-state index contributed by atoms with van der Waals surface area (Å²) in [5, 5.41) is 18.1. The van der Waals surface area contributed by atoms with Gasteiger partial charge in [0.05, 0.1) is 18.2 Å². The van der Waals surface area contributed by atoms with E-state index in [-0.39, 0.29) is 5.69 Å².